The summed E-state index contributed by atoms with van der Waals surface area (Å²) in [7, 11) is -1.50. The van der Waals surface area contributed by atoms with Crippen molar-refractivity contribution in [2.45, 2.75) is 9.79 Å². The van der Waals surface area contributed by atoms with E-state index >= 15 is 0 Å². The molecule has 0 heterocycles. The summed E-state index contributed by atoms with van der Waals surface area (Å²) in [4.78, 5) is 9.67. The van der Waals surface area contributed by atoms with Crippen molar-refractivity contribution in [3.05, 3.63) is 60.7 Å². The van der Waals surface area contributed by atoms with Gasteiger partial charge in [0.2, 0.25) is 0 Å². The van der Waals surface area contributed by atoms with Crippen LogP contribution < -0.4 is 0 Å². The van der Waals surface area contributed by atoms with E-state index in [1.807, 2.05) is 12.1 Å². The maximum atomic E-state index is 8.57. The SMILES string of the molecule is O=[PH2]O.c1ccc(Sc2ccccc2)cc1. The van der Waals surface area contributed by atoms with E-state index < -0.39 is 8.69 Å². The molecule has 84 valence electrons. The van der Waals surface area contributed by atoms with Crippen molar-refractivity contribution in [1.82, 2.24) is 0 Å². The van der Waals surface area contributed by atoms with Crippen molar-refractivity contribution in [3.63, 3.8) is 0 Å². The molecule has 0 fully saturated rings. The third-order valence-electron chi connectivity index (χ3n) is 1.72. The van der Waals surface area contributed by atoms with Crippen molar-refractivity contribution in [2.24, 2.45) is 0 Å². The summed E-state index contributed by atoms with van der Waals surface area (Å²) in [5, 5.41) is 0. The zero-order valence-electron chi connectivity index (χ0n) is 8.61. The highest BCUT2D eigenvalue weighted by Crippen LogP contribution is 2.26. The Labute approximate surface area is 101 Å². The van der Waals surface area contributed by atoms with E-state index in [4.69, 9.17) is 9.46 Å². The van der Waals surface area contributed by atoms with Gasteiger partial charge in [-0.2, -0.15) is 0 Å². The van der Waals surface area contributed by atoms with Crippen LogP contribution >= 0.6 is 20.4 Å². The molecule has 16 heavy (non-hydrogen) atoms. The average Bonchev–Trinajstić information content (AvgIpc) is 2.33. The van der Waals surface area contributed by atoms with Crippen LogP contribution in [-0.2, 0) is 4.57 Å². The highest BCUT2D eigenvalue weighted by Gasteiger charge is 1.93. The van der Waals surface area contributed by atoms with E-state index in [9.17, 15) is 0 Å². The maximum Gasteiger partial charge on any atom is 0.177 e. The first-order valence-electron chi connectivity index (χ1n) is 4.72. The summed E-state index contributed by atoms with van der Waals surface area (Å²) in [6.45, 7) is 0. The Morgan fingerprint density at radius 3 is 1.44 bits per heavy atom. The van der Waals surface area contributed by atoms with Gasteiger partial charge in [-0.15, -0.1) is 0 Å². The molecule has 0 aliphatic carbocycles. The van der Waals surface area contributed by atoms with Gasteiger partial charge in [0.15, 0.2) is 8.69 Å². The standard InChI is InChI=1S/C12H10S.H3O2P/c1-3-7-11(8-4-1)13-12-9-5-2-6-10-12;1-3-2/h1-10H;3H2,(H,1,2). The predicted octanol–water partition coefficient (Wildman–Crippen LogP) is 3.49. The largest absolute Gasteiger partial charge is 0.348 e. The van der Waals surface area contributed by atoms with Gasteiger partial charge in [-0.05, 0) is 24.3 Å². The Hall–Kier alpha value is -1.02. The molecule has 2 aromatic carbocycles. The third kappa shape index (κ3) is 5.17. The quantitative estimate of drug-likeness (QED) is 0.831. The van der Waals surface area contributed by atoms with Gasteiger partial charge in [-0.1, -0.05) is 48.2 Å². The highest BCUT2D eigenvalue weighted by atomic mass is 32.2. The summed E-state index contributed by atoms with van der Waals surface area (Å²) >= 11 is 1.79. The molecule has 0 spiro atoms. The first kappa shape index (κ1) is 13.0. The summed E-state index contributed by atoms with van der Waals surface area (Å²) in [5.74, 6) is 0. The smallest absolute Gasteiger partial charge is 0.177 e. The maximum absolute atomic E-state index is 8.57. The van der Waals surface area contributed by atoms with Gasteiger partial charge >= 0.3 is 0 Å². The number of rotatable bonds is 2. The minimum Gasteiger partial charge on any atom is -0.348 e. The molecular formula is C12H13O2PS. The van der Waals surface area contributed by atoms with Crippen molar-refractivity contribution >= 4 is 20.4 Å². The van der Waals surface area contributed by atoms with Gasteiger partial charge in [0, 0.05) is 9.79 Å². The van der Waals surface area contributed by atoms with Crippen LogP contribution in [0.4, 0.5) is 0 Å². The van der Waals surface area contributed by atoms with Crippen LogP contribution in [0.15, 0.2) is 70.5 Å². The monoisotopic (exact) mass is 252 g/mol. The molecule has 0 saturated heterocycles. The lowest BCUT2D eigenvalue weighted by Gasteiger charge is -1.99. The zero-order valence-corrected chi connectivity index (χ0v) is 10.6. The molecular weight excluding hydrogens is 239 g/mol. The lowest BCUT2D eigenvalue weighted by atomic mass is 10.4. The number of hydrogen-bond acceptors (Lipinski definition) is 2. The average molecular weight is 252 g/mol. The summed E-state index contributed by atoms with van der Waals surface area (Å²) in [5.41, 5.74) is 0. The molecule has 0 amide bonds. The molecule has 1 N–H and O–H groups in total. The fourth-order valence-corrected chi connectivity index (χ4v) is 1.97. The van der Waals surface area contributed by atoms with E-state index in [0.717, 1.165) is 0 Å². The molecule has 0 aliphatic rings. The molecule has 1 unspecified atom stereocenters. The van der Waals surface area contributed by atoms with E-state index in [2.05, 4.69) is 48.5 Å². The predicted molar refractivity (Wildman–Crippen MR) is 69.6 cm³/mol. The molecule has 0 saturated carbocycles. The summed E-state index contributed by atoms with van der Waals surface area (Å²) < 4.78 is 8.57. The van der Waals surface area contributed by atoms with Crippen molar-refractivity contribution in [1.29, 1.82) is 0 Å². The summed E-state index contributed by atoms with van der Waals surface area (Å²) in [6, 6.07) is 20.8. The van der Waals surface area contributed by atoms with Crippen LogP contribution in [0.2, 0.25) is 0 Å². The normalized spacial score (nSPS) is 9.81. The lowest BCUT2D eigenvalue weighted by molar-refractivity contribution is 0.524. The molecule has 2 rings (SSSR count). The second kappa shape index (κ2) is 8.17. The first-order valence-corrected chi connectivity index (χ1v) is 6.53. The first-order chi connectivity index (χ1) is 7.86. The molecule has 0 radical (unpaired) electrons. The van der Waals surface area contributed by atoms with Gasteiger partial charge in [-0.3, -0.25) is 4.57 Å². The van der Waals surface area contributed by atoms with Crippen molar-refractivity contribution in [3.8, 4) is 0 Å². The van der Waals surface area contributed by atoms with Gasteiger partial charge < -0.3 is 4.89 Å². The van der Waals surface area contributed by atoms with E-state index in [1.165, 1.54) is 9.79 Å². The van der Waals surface area contributed by atoms with Crippen LogP contribution in [0.1, 0.15) is 0 Å². The molecule has 1 atom stereocenters. The Morgan fingerprint density at radius 1 is 0.812 bits per heavy atom. The Balaban J connectivity index is 0.000000386. The van der Waals surface area contributed by atoms with Crippen LogP contribution in [0.25, 0.3) is 0 Å². The number of benzene rings is 2. The molecule has 0 bridgehead atoms. The molecule has 4 heteroatoms. The fourth-order valence-electron chi connectivity index (χ4n) is 1.11. The van der Waals surface area contributed by atoms with Gasteiger partial charge in [0.1, 0.15) is 0 Å². The minimum absolute atomic E-state index is 1.29. The van der Waals surface area contributed by atoms with Crippen LogP contribution in [0, 0.1) is 0 Å². The Bertz CT molecular complexity index is 368. The topological polar surface area (TPSA) is 37.3 Å². The van der Waals surface area contributed by atoms with Crippen molar-refractivity contribution in [2.75, 3.05) is 0 Å². The van der Waals surface area contributed by atoms with Crippen LogP contribution in [0.5, 0.6) is 0 Å². The van der Waals surface area contributed by atoms with Gasteiger partial charge in [0.05, 0.1) is 0 Å². The molecule has 2 nitrogen and oxygen atoms in total. The molecule has 0 aliphatic heterocycles. The van der Waals surface area contributed by atoms with E-state index in [1.54, 1.807) is 11.8 Å². The zero-order chi connectivity index (χ0) is 11.6. The van der Waals surface area contributed by atoms with Gasteiger partial charge in [-0.25, -0.2) is 0 Å². The molecule has 2 aromatic rings. The fraction of sp³-hybridized carbons (Fsp3) is 0. The van der Waals surface area contributed by atoms with Gasteiger partial charge in [0.25, 0.3) is 0 Å². The molecule has 0 aromatic heterocycles. The van der Waals surface area contributed by atoms with Crippen LogP contribution in [0.3, 0.4) is 0 Å². The van der Waals surface area contributed by atoms with Crippen molar-refractivity contribution < 1.29 is 9.46 Å². The second-order valence-electron chi connectivity index (χ2n) is 2.83. The minimum atomic E-state index is -1.50. The summed E-state index contributed by atoms with van der Waals surface area (Å²) in [6.07, 6.45) is 0. The second-order valence-corrected chi connectivity index (χ2v) is 4.19. The van der Waals surface area contributed by atoms with E-state index in [-0.39, 0.29) is 0 Å². The Morgan fingerprint density at radius 2 is 1.12 bits per heavy atom. The van der Waals surface area contributed by atoms with Crippen LogP contribution in [-0.4, -0.2) is 4.89 Å². The Kier molecular flexibility index (Phi) is 6.66. The lowest BCUT2D eigenvalue weighted by Crippen LogP contribution is -1.70. The van der Waals surface area contributed by atoms with E-state index in [0.29, 0.717) is 0 Å². The third-order valence-corrected chi connectivity index (χ3v) is 2.74. The highest BCUT2D eigenvalue weighted by molar-refractivity contribution is 7.99. The number of hydrogen-bond donors (Lipinski definition) is 1.